The molecular weight excluding hydrogens is 258 g/mol. The van der Waals surface area contributed by atoms with E-state index < -0.39 is 6.04 Å². The van der Waals surface area contributed by atoms with Crippen molar-refractivity contribution in [2.45, 2.75) is 31.8 Å². The molecule has 7 nitrogen and oxygen atoms in total. The number of aromatic nitrogens is 2. The molecule has 0 aromatic carbocycles. The fourth-order valence-corrected chi connectivity index (χ4v) is 2.47. The summed E-state index contributed by atoms with van der Waals surface area (Å²) in [5, 5.41) is 6.91. The van der Waals surface area contributed by atoms with Gasteiger partial charge in [-0.3, -0.25) is 14.3 Å². The number of nitrogens with one attached hydrogen (secondary N) is 1. The molecule has 110 valence electrons. The minimum Gasteiger partial charge on any atom is -0.353 e. The number of aryl methyl sites for hydroxylation is 1. The van der Waals surface area contributed by atoms with Crippen molar-refractivity contribution >= 4 is 11.8 Å². The van der Waals surface area contributed by atoms with Gasteiger partial charge in [-0.25, -0.2) is 0 Å². The zero-order chi connectivity index (χ0) is 14.7. The highest BCUT2D eigenvalue weighted by Crippen LogP contribution is 2.17. The van der Waals surface area contributed by atoms with Crippen molar-refractivity contribution in [2.24, 2.45) is 12.8 Å². The molecule has 0 radical (unpaired) electrons. The number of rotatable bonds is 3. The van der Waals surface area contributed by atoms with Crippen LogP contribution < -0.4 is 11.1 Å². The summed E-state index contributed by atoms with van der Waals surface area (Å²) in [4.78, 5) is 25.1. The molecule has 20 heavy (non-hydrogen) atoms. The third kappa shape index (κ3) is 3.36. The van der Waals surface area contributed by atoms with Crippen molar-refractivity contribution in [1.82, 2.24) is 20.0 Å². The first-order valence-corrected chi connectivity index (χ1v) is 6.77. The number of nitrogens with zero attached hydrogens (tertiary/aromatic N) is 3. The van der Waals surface area contributed by atoms with E-state index in [1.165, 1.54) is 6.92 Å². The molecule has 1 aliphatic rings. The van der Waals surface area contributed by atoms with Crippen molar-refractivity contribution in [1.29, 1.82) is 0 Å². The van der Waals surface area contributed by atoms with Gasteiger partial charge in [-0.15, -0.1) is 0 Å². The number of hydrogen-bond acceptors (Lipinski definition) is 4. The van der Waals surface area contributed by atoms with Crippen LogP contribution in [0.3, 0.4) is 0 Å². The molecule has 1 fully saturated rings. The van der Waals surface area contributed by atoms with Gasteiger partial charge in [0.1, 0.15) is 6.04 Å². The molecule has 7 heteroatoms. The van der Waals surface area contributed by atoms with Gasteiger partial charge in [0.2, 0.25) is 11.8 Å². The van der Waals surface area contributed by atoms with E-state index in [1.807, 2.05) is 0 Å². The quantitative estimate of drug-likeness (QED) is 0.783. The molecule has 0 spiro atoms. The maximum Gasteiger partial charge on any atom is 0.244 e. The van der Waals surface area contributed by atoms with Crippen molar-refractivity contribution in [3.05, 3.63) is 18.0 Å². The summed E-state index contributed by atoms with van der Waals surface area (Å²) in [6.45, 7) is 2.76. The number of likely N-dealkylation sites (tertiary alicyclic amines) is 1. The molecule has 1 aromatic heterocycles. The molecule has 2 rings (SSSR count). The summed E-state index contributed by atoms with van der Waals surface area (Å²) in [6, 6.07) is -0.507. The van der Waals surface area contributed by atoms with Crippen LogP contribution in [-0.2, 0) is 16.6 Å². The molecule has 2 heterocycles. The molecule has 1 atom stereocenters. The van der Waals surface area contributed by atoms with Crippen LogP contribution in [0.5, 0.6) is 0 Å². The van der Waals surface area contributed by atoms with Crippen molar-refractivity contribution in [3.8, 4) is 0 Å². The SMILES string of the molecule is CC(=O)NC1CCN(C(=O)C(N)c2cnn(C)c2)CC1. The number of piperidine rings is 1. The van der Waals surface area contributed by atoms with Crippen LogP contribution in [0.25, 0.3) is 0 Å². The van der Waals surface area contributed by atoms with Gasteiger partial charge in [0.25, 0.3) is 0 Å². The van der Waals surface area contributed by atoms with E-state index in [0.717, 1.165) is 18.4 Å². The molecule has 2 amide bonds. The first kappa shape index (κ1) is 14.5. The lowest BCUT2D eigenvalue weighted by Gasteiger charge is -2.33. The molecular formula is C13H21N5O2. The summed E-state index contributed by atoms with van der Waals surface area (Å²) in [5.74, 6) is -0.110. The minimum atomic E-state index is -0.666. The minimum absolute atomic E-state index is 0.0261. The van der Waals surface area contributed by atoms with Gasteiger partial charge in [-0.2, -0.15) is 5.10 Å². The van der Waals surface area contributed by atoms with Gasteiger partial charge in [-0.05, 0) is 12.8 Å². The summed E-state index contributed by atoms with van der Waals surface area (Å²) in [5.41, 5.74) is 6.71. The highest BCUT2D eigenvalue weighted by atomic mass is 16.2. The fraction of sp³-hybridized carbons (Fsp3) is 0.615. The molecule has 1 aromatic rings. The highest BCUT2D eigenvalue weighted by Gasteiger charge is 2.27. The Bertz CT molecular complexity index is 491. The van der Waals surface area contributed by atoms with Crippen LogP contribution in [0.15, 0.2) is 12.4 Å². The number of carbonyl (C=O) groups excluding carboxylic acids is 2. The second-order valence-electron chi connectivity index (χ2n) is 5.23. The average molecular weight is 279 g/mol. The summed E-state index contributed by atoms with van der Waals surface area (Å²) < 4.78 is 1.63. The normalized spacial score (nSPS) is 17.9. The van der Waals surface area contributed by atoms with Gasteiger partial charge in [0.15, 0.2) is 0 Å². The Morgan fingerprint density at radius 1 is 1.45 bits per heavy atom. The zero-order valence-corrected chi connectivity index (χ0v) is 11.9. The molecule has 0 bridgehead atoms. The number of amides is 2. The molecule has 0 aliphatic carbocycles. The summed E-state index contributed by atoms with van der Waals surface area (Å²) in [6.07, 6.45) is 4.91. The average Bonchev–Trinajstić information content (AvgIpc) is 2.84. The Morgan fingerprint density at radius 2 is 2.10 bits per heavy atom. The van der Waals surface area contributed by atoms with Crippen LogP contribution in [0.2, 0.25) is 0 Å². The molecule has 0 saturated carbocycles. The lowest BCUT2D eigenvalue weighted by molar-refractivity contribution is -0.133. The largest absolute Gasteiger partial charge is 0.353 e. The second-order valence-corrected chi connectivity index (χ2v) is 5.23. The first-order chi connectivity index (χ1) is 9.47. The Hall–Kier alpha value is -1.89. The van der Waals surface area contributed by atoms with Gasteiger partial charge in [-0.1, -0.05) is 0 Å². The molecule has 1 saturated heterocycles. The van der Waals surface area contributed by atoms with Crippen molar-refractivity contribution in [2.75, 3.05) is 13.1 Å². The fourth-order valence-electron chi connectivity index (χ4n) is 2.47. The number of carbonyl (C=O) groups is 2. The Morgan fingerprint density at radius 3 is 2.60 bits per heavy atom. The van der Waals surface area contributed by atoms with E-state index in [2.05, 4.69) is 10.4 Å². The van der Waals surface area contributed by atoms with E-state index in [0.29, 0.717) is 13.1 Å². The van der Waals surface area contributed by atoms with Crippen LogP contribution in [0, 0.1) is 0 Å². The van der Waals surface area contributed by atoms with E-state index in [4.69, 9.17) is 5.73 Å². The van der Waals surface area contributed by atoms with E-state index in [9.17, 15) is 9.59 Å². The summed E-state index contributed by atoms with van der Waals surface area (Å²) >= 11 is 0. The lowest BCUT2D eigenvalue weighted by Crippen LogP contribution is -2.48. The highest BCUT2D eigenvalue weighted by molar-refractivity contribution is 5.83. The van der Waals surface area contributed by atoms with Gasteiger partial charge in [0.05, 0.1) is 6.20 Å². The van der Waals surface area contributed by atoms with Gasteiger partial charge >= 0.3 is 0 Å². The maximum absolute atomic E-state index is 12.3. The van der Waals surface area contributed by atoms with Crippen LogP contribution in [-0.4, -0.2) is 45.6 Å². The van der Waals surface area contributed by atoms with Crippen LogP contribution >= 0.6 is 0 Å². The van der Waals surface area contributed by atoms with Crippen molar-refractivity contribution in [3.63, 3.8) is 0 Å². The molecule has 1 unspecified atom stereocenters. The van der Waals surface area contributed by atoms with E-state index >= 15 is 0 Å². The predicted octanol–water partition coefficient (Wildman–Crippen LogP) is -0.453. The van der Waals surface area contributed by atoms with E-state index in [-0.39, 0.29) is 17.9 Å². The molecule has 3 N–H and O–H groups in total. The predicted molar refractivity (Wildman–Crippen MR) is 73.6 cm³/mol. The Kier molecular flexibility index (Phi) is 4.39. The smallest absolute Gasteiger partial charge is 0.244 e. The topological polar surface area (TPSA) is 93.2 Å². The van der Waals surface area contributed by atoms with Gasteiger partial charge in [0, 0.05) is 44.9 Å². The van der Waals surface area contributed by atoms with E-state index in [1.54, 1.807) is 29.0 Å². The third-order valence-corrected chi connectivity index (χ3v) is 3.56. The van der Waals surface area contributed by atoms with Gasteiger partial charge < -0.3 is 16.0 Å². The Labute approximate surface area is 118 Å². The Balaban J connectivity index is 1.90. The van der Waals surface area contributed by atoms with Crippen molar-refractivity contribution < 1.29 is 9.59 Å². The van der Waals surface area contributed by atoms with Crippen LogP contribution in [0.4, 0.5) is 0 Å². The maximum atomic E-state index is 12.3. The lowest BCUT2D eigenvalue weighted by atomic mass is 10.0. The monoisotopic (exact) mass is 279 g/mol. The number of hydrogen-bond donors (Lipinski definition) is 2. The zero-order valence-electron chi connectivity index (χ0n) is 11.9. The third-order valence-electron chi connectivity index (χ3n) is 3.56. The second kappa shape index (κ2) is 6.04. The number of nitrogens with two attached hydrogens (primary N) is 1. The standard InChI is InChI=1S/C13H21N5O2/c1-9(19)16-11-3-5-18(6-4-11)13(20)12(14)10-7-15-17(2)8-10/h7-8,11-12H,3-6,14H2,1-2H3,(H,16,19). The summed E-state index contributed by atoms with van der Waals surface area (Å²) in [7, 11) is 1.79. The first-order valence-electron chi connectivity index (χ1n) is 6.77. The van der Waals surface area contributed by atoms with Crippen LogP contribution in [0.1, 0.15) is 31.4 Å². The molecule has 1 aliphatic heterocycles.